The van der Waals surface area contributed by atoms with Crippen molar-refractivity contribution < 1.29 is 9.90 Å². The molecule has 1 N–H and O–H groups in total. The molecule has 0 spiro atoms. The molecule has 6 nitrogen and oxygen atoms in total. The summed E-state index contributed by atoms with van der Waals surface area (Å²) in [4.78, 5) is 18.9. The number of benzene rings is 3. The summed E-state index contributed by atoms with van der Waals surface area (Å²) in [5, 5.41) is 19.5. The minimum atomic E-state index is -0.711. The minimum absolute atomic E-state index is 0.339. The predicted octanol–water partition coefficient (Wildman–Crippen LogP) is 6.20. The van der Waals surface area contributed by atoms with E-state index in [9.17, 15) is 9.90 Å². The lowest BCUT2D eigenvalue weighted by atomic mass is 9.91. The highest BCUT2D eigenvalue weighted by Gasteiger charge is 2.32. The molecule has 0 amide bonds. The molecule has 3 aromatic carbocycles. The molecule has 0 bridgehead atoms. The van der Waals surface area contributed by atoms with Gasteiger partial charge in [-0.05, 0) is 93.3 Å². The Morgan fingerprint density at radius 1 is 1.05 bits per heavy atom. The van der Waals surface area contributed by atoms with Crippen LogP contribution in [-0.4, -0.2) is 60.7 Å². The Hall–Kier alpha value is -3.92. The molecule has 2 unspecified atom stereocenters. The molecular formula is C34H40N4O2. The molecule has 208 valence electrons. The summed E-state index contributed by atoms with van der Waals surface area (Å²) in [6.45, 7) is 12.7. The fraction of sp³-hybridized carbons (Fsp3) is 0.353. The van der Waals surface area contributed by atoms with Gasteiger partial charge in [0.2, 0.25) is 0 Å². The van der Waals surface area contributed by atoms with Gasteiger partial charge in [-0.1, -0.05) is 30.3 Å². The molecule has 2 atom stereocenters. The lowest BCUT2D eigenvalue weighted by Gasteiger charge is -2.47. The molecule has 0 aliphatic carbocycles. The lowest BCUT2D eigenvalue weighted by molar-refractivity contribution is 0.00248. The fourth-order valence-electron chi connectivity index (χ4n) is 5.73. The van der Waals surface area contributed by atoms with Gasteiger partial charge in [0.1, 0.15) is 0 Å². The number of anilines is 2. The van der Waals surface area contributed by atoms with Crippen LogP contribution in [0.25, 0.3) is 16.7 Å². The summed E-state index contributed by atoms with van der Waals surface area (Å²) in [5.74, 6) is 0. The first-order chi connectivity index (χ1) is 19.0. The van der Waals surface area contributed by atoms with Crippen LogP contribution in [0.15, 0.2) is 72.9 Å². The van der Waals surface area contributed by atoms with E-state index in [0.29, 0.717) is 29.8 Å². The normalized spacial score (nSPS) is 18.4. The zero-order chi connectivity index (χ0) is 29.0. The fourth-order valence-corrected chi connectivity index (χ4v) is 5.73. The van der Waals surface area contributed by atoms with Crippen molar-refractivity contribution in [3.8, 4) is 17.2 Å². The molecule has 0 saturated carbocycles. The number of hydrogen-bond donors (Lipinski definition) is 1. The number of β-amino-alcohol motifs (C(OH)–C–C–N with tert-alkyl or cyclic N) is 1. The van der Waals surface area contributed by atoms with Crippen molar-refractivity contribution in [2.45, 2.75) is 52.3 Å². The molecule has 0 radical (unpaired) electrons. The van der Waals surface area contributed by atoms with E-state index >= 15 is 0 Å². The largest absolute Gasteiger partial charge is 0.389 e. The average Bonchev–Trinajstić information content (AvgIpc) is 2.94. The van der Waals surface area contributed by atoms with E-state index in [1.54, 1.807) is 12.1 Å². The van der Waals surface area contributed by atoms with Crippen LogP contribution in [-0.2, 0) is 0 Å². The zero-order valence-electron chi connectivity index (χ0n) is 24.4. The standard InChI is InChI=1S/C34H40N4O2/c1-24(33-29(22-39)8-7-9-32(33)28-12-10-27(18-35)11-13-28)19-36(6)30-14-16-31(17-15-30)37-20-25(2)38(26(3)21-37)23-34(4,5)40/h7-17,19,22,25-26,40H,20-21,23H2,1-6H3/b24-19-. The minimum Gasteiger partial charge on any atom is -0.389 e. The maximum absolute atomic E-state index is 12.0. The van der Waals surface area contributed by atoms with E-state index in [1.807, 2.05) is 58.2 Å². The van der Waals surface area contributed by atoms with E-state index in [4.69, 9.17) is 5.26 Å². The first-order valence-corrected chi connectivity index (χ1v) is 13.8. The van der Waals surface area contributed by atoms with Gasteiger partial charge >= 0.3 is 0 Å². The van der Waals surface area contributed by atoms with E-state index in [0.717, 1.165) is 47.3 Å². The van der Waals surface area contributed by atoms with Crippen LogP contribution >= 0.6 is 0 Å². The van der Waals surface area contributed by atoms with Gasteiger partial charge in [0, 0.05) is 61.9 Å². The van der Waals surface area contributed by atoms with Crippen LogP contribution in [0.5, 0.6) is 0 Å². The van der Waals surface area contributed by atoms with Crippen molar-refractivity contribution in [1.29, 1.82) is 5.26 Å². The van der Waals surface area contributed by atoms with Crippen molar-refractivity contribution in [3.05, 3.63) is 89.6 Å². The number of carbonyl (C=O) groups is 1. The summed E-state index contributed by atoms with van der Waals surface area (Å²) in [6, 6.07) is 24.6. The number of allylic oxidation sites excluding steroid dienone is 1. The SMILES string of the molecule is C/C(=C/N(C)c1ccc(N2CC(C)N(CC(C)(C)O)C(C)C2)cc1)c1c(C=O)cccc1-c1ccc(C#N)cc1. The highest BCUT2D eigenvalue weighted by atomic mass is 16.3. The summed E-state index contributed by atoms with van der Waals surface area (Å²) in [6.07, 6.45) is 2.96. The maximum atomic E-state index is 12.0. The Kier molecular flexibility index (Phi) is 8.78. The number of carbonyl (C=O) groups excluding carboxylic acids is 1. The molecule has 1 saturated heterocycles. The Bertz CT molecular complexity index is 1390. The average molecular weight is 537 g/mol. The lowest BCUT2D eigenvalue weighted by Crippen LogP contribution is -2.59. The predicted molar refractivity (Wildman–Crippen MR) is 165 cm³/mol. The van der Waals surface area contributed by atoms with Crippen molar-refractivity contribution in [1.82, 2.24) is 4.90 Å². The molecule has 3 aromatic rings. The molecule has 6 heteroatoms. The van der Waals surface area contributed by atoms with E-state index in [1.165, 1.54) is 5.69 Å². The second-order valence-corrected chi connectivity index (χ2v) is 11.6. The third-order valence-electron chi connectivity index (χ3n) is 7.62. The van der Waals surface area contributed by atoms with Crippen molar-refractivity contribution in [2.75, 3.05) is 36.5 Å². The molecule has 1 heterocycles. The molecule has 0 aromatic heterocycles. The number of nitriles is 1. The number of rotatable bonds is 8. The third-order valence-corrected chi connectivity index (χ3v) is 7.62. The molecule has 1 aliphatic heterocycles. The first-order valence-electron chi connectivity index (χ1n) is 13.8. The number of aldehydes is 1. The van der Waals surface area contributed by atoms with Crippen LogP contribution < -0.4 is 9.80 Å². The maximum Gasteiger partial charge on any atom is 0.150 e. The number of hydrogen-bond acceptors (Lipinski definition) is 6. The van der Waals surface area contributed by atoms with Crippen LogP contribution in [0, 0.1) is 11.3 Å². The molecular weight excluding hydrogens is 496 g/mol. The van der Waals surface area contributed by atoms with Gasteiger partial charge in [-0.3, -0.25) is 9.69 Å². The van der Waals surface area contributed by atoms with E-state index in [-0.39, 0.29) is 0 Å². The van der Waals surface area contributed by atoms with Crippen LogP contribution in [0.3, 0.4) is 0 Å². The Labute approximate surface area is 238 Å². The smallest absolute Gasteiger partial charge is 0.150 e. The van der Waals surface area contributed by atoms with Crippen LogP contribution in [0.1, 0.15) is 56.1 Å². The van der Waals surface area contributed by atoms with Crippen LogP contribution in [0.2, 0.25) is 0 Å². The van der Waals surface area contributed by atoms with Gasteiger partial charge in [-0.15, -0.1) is 0 Å². The topological polar surface area (TPSA) is 70.8 Å². The Morgan fingerprint density at radius 3 is 2.23 bits per heavy atom. The van der Waals surface area contributed by atoms with Gasteiger partial charge in [0.05, 0.1) is 17.2 Å². The summed E-state index contributed by atoms with van der Waals surface area (Å²) in [5.41, 5.74) is 6.54. The number of nitrogens with zero attached hydrogens (tertiary/aromatic N) is 4. The van der Waals surface area contributed by atoms with Crippen molar-refractivity contribution in [2.24, 2.45) is 0 Å². The first kappa shape index (κ1) is 29.1. The van der Waals surface area contributed by atoms with Gasteiger partial charge in [0.25, 0.3) is 0 Å². The van der Waals surface area contributed by atoms with Gasteiger partial charge in [0.15, 0.2) is 6.29 Å². The second kappa shape index (κ2) is 12.1. The summed E-state index contributed by atoms with van der Waals surface area (Å²) in [7, 11) is 2.02. The molecule has 40 heavy (non-hydrogen) atoms. The van der Waals surface area contributed by atoms with Gasteiger partial charge < -0.3 is 14.9 Å². The summed E-state index contributed by atoms with van der Waals surface area (Å²) >= 11 is 0. The van der Waals surface area contributed by atoms with Gasteiger partial charge in [-0.25, -0.2) is 0 Å². The van der Waals surface area contributed by atoms with Gasteiger partial charge in [-0.2, -0.15) is 5.26 Å². The quantitative estimate of drug-likeness (QED) is 0.346. The summed E-state index contributed by atoms with van der Waals surface area (Å²) < 4.78 is 0. The van der Waals surface area contributed by atoms with Crippen molar-refractivity contribution in [3.63, 3.8) is 0 Å². The zero-order valence-corrected chi connectivity index (χ0v) is 24.4. The monoisotopic (exact) mass is 536 g/mol. The third kappa shape index (κ3) is 6.62. The molecule has 1 aliphatic rings. The Morgan fingerprint density at radius 2 is 1.68 bits per heavy atom. The Balaban J connectivity index is 1.54. The molecule has 1 fully saturated rings. The van der Waals surface area contributed by atoms with Crippen molar-refractivity contribution >= 4 is 23.2 Å². The molecule has 4 rings (SSSR count). The van der Waals surface area contributed by atoms with Crippen LogP contribution in [0.4, 0.5) is 11.4 Å². The highest BCUT2D eigenvalue weighted by Crippen LogP contribution is 2.33. The van der Waals surface area contributed by atoms with E-state index < -0.39 is 5.60 Å². The highest BCUT2D eigenvalue weighted by molar-refractivity contribution is 5.93. The van der Waals surface area contributed by atoms with E-state index in [2.05, 4.69) is 65.1 Å². The second-order valence-electron chi connectivity index (χ2n) is 11.6. The number of aliphatic hydroxyl groups is 1. The number of piperazine rings is 1.